The number of hydrogen-bond donors (Lipinski definition) is 2. The summed E-state index contributed by atoms with van der Waals surface area (Å²) in [5, 5.41) is 0. The maximum Gasteiger partial charge on any atom is 0.220 e. The summed E-state index contributed by atoms with van der Waals surface area (Å²) in [4.78, 5) is 23.6. The Kier molecular flexibility index (Phi) is 4.38. The lowest BCUT2D eigenvalue weighted by Gasteiger charge is -2.35. The molecule has 130 valence electrons. The maximum absolute atomic E-state index is 11.8. The lowest BCUT2D eigenvalue weighted by molar-refractivity contribution is -0.122. The Labute approximate surface area is 148 Å². The number of primary amides is 2. The second-order valence-electron chi connectivity index (χ2n) is 7.19. The van der Waals surface area contributed by atoms with Crippen LogP contribution in [0.3, 0.4) is 0 Å². The lowest BCUT2D eigenvalue weighted by atomic mass is 9.67. The average molecular weight is 336 g/mol. The van der Waals surface area contributed by atoms with Gasteiger partial charge in [0, 0.05) is 17.3 Å². The highest BCUT2D eigenvalue weighted by Crippen LogP contribution is 2.54. The minimum atomic E-state index is -0.434. The van der Waals surface area contributed by atoms with Crippen molar-refractivity contribution in [1.82, 2.24) is 0 Å². The second kappa shape index (κ2) is 6.36. The summed E-state index contributed by atoms with van der Waals surface area (Å²) in [7, 11) is 0. The Morgan fingerprint density at radius 2 is 1.16 bits per heavy atom. The monoisotopic (exact) mass is 336 g/mol. The molecular weight excluding hydrogens is 312 g/mol. The molecule has 4 nitrogen and oxygen atoms in total. The Bertz CT molecular complexity index is 759. The van der Waals surface area contributed by atoms with E-state index < -0.39 is 5.41 Å². The predicted molar refractivity (Wildman–Crippen MR) is 98.6 cm³/mol. The summed E-state index contributed by atoms with van der Waals surface area (Å²) < 4.78 is 0. The molecule has 0 fully saturated rings. The van der Waals surface area contributed by atoms with E-state index in [1.165, 1.54) is 0 Å². The number of hydrogen-bond acceptors (Lipinski definition) is 2. The van der Waals surface area contributed by atoms with Crippen molar-refractivity contribution in [3.8, 4) is 11.1 Å². The normalized spacial score (nSPS) is 16.6. The molecule has 1 aliphatic carbocycles. The number of benzene rings is 2. The number of nitrogens with two attached hydrogens (primary N) is 2. The van der Waals surface area contributed by atoms with Crippen molar-refractivity contribution in [3.63, 3.8) is 0 Å². The van der Waals surface area contributed by atoms with Gasteiger partial charge in [0.25, 0.3) is 0 Å². The van der Waals surface area contributed by atoms with Crippen LogP contribution in [0, 0.1) is 11.8 Å². The molecule has 2 aromatic carbocycles. The van der Waals surface area contributed by atoms with Crippen LogP contribution in [0.15, 0.2) is 48.5 Å². The van der Waals surface area contributed by atoms with Crippen molar-refractivity contribution in [3.05, 3.63) is 59.7 Å². The third-order valence-electron chi connectivity index (χ3n) is 5.46. The second-order valence-corrected chi connectivity index (χ2v) is 7.19. The van der Waals surface area contributed by atoms with E-state index >= 15 is 0 Å². The first-order valence-electron chi connectivity index (χ1n) is 8.65. The first-order chi connectivity index (χ1) is 11.9. The zero-order valence-corrected chi connectivity index (χ0v) is 14.7. The maximum atomic E-state index is 11.8. The van der Waals surface area contributed by atoms with Gasteiger partial charge < -0.3 is 11.5 Å². The molecule has 2 amide bonds. The number of carbonyl (C=O) groups excluding carboxylic acids is 2. The van der Waals surface area contributed by atoms with Gasteiger partial charge >= 0.3 is 0 Å². The third kappa shape index (κ3) is 2.82. The summed E-state index contributed by atoms with van der Waals surface area (Å²) in [6.45, 7) is 3.70. The Morgan fingerprint density at radius 1 is 0.800 bits per heavy atom. The van der Waals surface area contributed by atoms with Crippen molar-refractivity contribution in [1.29, 1.82) is 0 Å². The van der Waals surface area contributed by atoms with Crippen molar-refractivity contribution < 1.29 is 9.59 Å². The smallest absolute Gasteiger partial charge is 0.220 e. The van der Waals surface area contributed by atoms with E-state index in [-0.39, 0.29) is 23.7 Å². The summed E-state index contributed by atoms with van der Waals surface area (Å²) in [6.07, 6.45) is 1.13. The van der Waals surface area contributed by atoms with Gasteiger partial charge in [-0.15, -0.1) is 0 Å². The van der Waals surface area contributed by atoms with Crippen molar-refractivity contribution in [2.24, 2.45) is 23.3 Å². The molecule has 0 saturated carbocycles. The topological polar surface area (TPSA) is 86.2 Å². The number of fused-ring (bicyclic) bond motifs is 3. The van der Waals surface area contributed by atoms with Gasteiger partial charge in [0.05, 0.1) is 0 Å². The van der Waals surface area contributed by atoms with Crippen LogP contribution in [0.1, 0.15) is 37.8 Å². The van der Waals surface area contributed by atoms with Crippen molar-refractivity contribution >= 4 is 11.8 Å². The largest absolute Gasteiger partial charge is 0.369 e. The minimum Gasteiger partial charge on any atom is -0.369 e. The Hall–Kier alpha value is -2.62. The highest BCUT2D eigenvalue weighted by atomic mass is 16.1. The van der Waals surface area contributed by atoms with Gasteiger partial charge in [-0.3, -0.25) is 9.59 Å². The van der Waals surface area contributed by atoms with Crippen molar-refractivity contribution in [2.75, 3.05) is 0 Å². The van der Waals surface area contributed by atoms with Crippen LogP contribution < -0.4 is 11.5 Å². The average Bonchev–Trinajstić information content (AvgIpc) is 2.86. The molecule has 2 aromatic rings. The molecule has 0 bridgehead atoms. The molecule has 3 rings (SSSR count). The molecular formula is C21H24N2O2. The predicted octanol–water partition coefficient (Wildman–Crippen LogP) is 2.98. The zero-order chi connectivity index (χ0) is 18.2. The van der Waals surface area contributed by atoms with E-state index in [2.05, 4.69) is 24.3 Å². The molecule has 4 heteroatoms. The molecule has 2 atom stereocenters. The summed E-state index contributed by atoms with van der Waals surface area (Å²) in [6, 6.07) is 16.4. The Balaban J connectivity index is 2.22. The van der Waals surface area contributed by atoms with E-state index in [4.69, 9.17) is 11.5 Å². The van der Waals surface area contributed by atoms with Crippen LogP contribution in [0.4, 0.5) is 0 Å². The SMILES string of the molecule is CC(CC1(CC(C)C(N)=O)c2ccccc2-c2ccccc21)C(N)=O. The molecule has 2 unspecified atom stereocenters. The summed E-state index contributed by atoms with van der Waals surface area (Å²) >= 11 is 0. The fraction of sp³-hybridized carbons (Fsp3) is 0.333. The molecule has 0 radical (unpaired) electrons. The third-order valence-corrected chi connectivity index (χ3v) is 5.46. The zero-order valence-electron chi connectivity index (χ0n) is 14.7. The number of carbonyl (C=O) groups is 2. The molecule has 0 aliphatic heterocycles. The lowest BCUT2D eigenvalue weighted by Crippen LogP contribution is -2.36. The van der Waals surface area contributed by atoms with Gasteiger partial charge in [0.15, 0.2) is 0 Å². The molecule has 1 aliphatic rings. The van der Waals surface area contributed by atoms with E-state index in [1.807, 2.05) is 38.1 Å². The highest BCUT2D eigenvalue weighted by molar-refractivity contribution is 5.83. The van der Waals surface area contributed by atoms with E-state index in [0.29, 0.717) is 12.8 Å². The standard InChI is InChI=1S/C21H24N2O2/c1-13(19(22)24)11-21(12-14(2)20(23)25)17-9-5-3-7-15(17)16-8-4-6-10-18(16)21/h3-10,13-14H,11-12H2,1-2H3,(H2,22,24)(H2,23,25). The Morgan fingerprint density at radius 3 is 1.52 bits per heavy atom. The first-order valence-corrected chi connectivity index (χ1v) is 8.65. The first kappa shape index (κ1) is 17.2. The summed E-state index contributed by atoms with van der Waals surface area (Å²) in [5.74, 6) is -1.26. The molecule has 0 saturated heterocycles. The molecule has 25 heavy (non-hydrogen) atoms. The van der Waals surface area contributed by atoms with Gasteiger partial charge in [-0.05, 0) is 35.1 Å². The van der Waals surface area contributed by atoms with Gasteiger partial charge in [-0.1, -0.05) is 62.4 Å². The van der Waals surface area contributed by atoms with Gasteiger partial charge in [-0.25, -0.2) is 0 Å². The van der Waals surface area contributed by atoms with Crippen LogP contribution in [-0.2, 0) is 15.0 Å². The van der Waals surface area contributed by atoms with Crippen molar-refractivity contribution in [2.45, 2.75) is 32.1 Å². The van der Waals surface area contributed by atoms with Crippen LogP contribution in [0.5, 0.6) is 0 Å². The van der Waals surface area contributed by atoms with Crippen LogP contribution in [0.25, 0.3) is 11.1 Å². The number of amides is 2. The highest BCUT2D eigenvalue weighted by Gasteiger charge is 2.45. The van der Waals surface area contributed by atoms with Crippen LogP contribution >= 0.6 is 0 Å². The molecule has 0 spiro atoms. The fourth-order valence-electron chi connectivity index (χ4n) is 4.19. The quantitative estimate of drug-likeness (QED) is 0.849. The molecule has 0 aromatic heterocycles. The number of rotatable bonds is 6. The van der Waals surface area contributed by atoms with Crippen LogP contribution in [0.2, 0.25) is 0 Å². The molecule has 0 heterocycles. The fourth-order valence-corrected chi connectivity index (χ4v) is 4.19. The van der Waals surface area contributed by atoms with E-state index in [1.54, 1.807) is 0 Å². The van der Waals surface area contributed by atoms with Gasteiger partial charge in [0.2, 0.25) is 11.8 Å². The van der Waals surface area contributed by atoms with E-state index in [0.717, 1.165) is 22.3 Å². The van der Waals surface area contributed by atoms with E-state index in [9.17, 15) is 9.59 Å². The summed E-state index contributed by atoms with van der Waals surface area (Å²) in [5.41, 5.74) is 15.3. The minimum absolute atomic E-state index is 0.306. The molecule has 4 N–H and O–H groups in total. The van der Waals surface area contributed by atoms with Crippen LogP contribution in [-0.4, -0.2) is 11.8 Å². The van der Waals surface area contributed by atoms with Gasteiger partial charge in [0.1, 0.15) is 0 Å². The van der Waals surface area contributed by atoms with Gasteiger partial charge in [-0.2, -0.15) is 0 Å².